The van der Waals surface area contributed by atoms with Crippen LogP contribution in [0.5, 0.6) is 5.75 Å². The number of aliphatic imine (C=N–C) groups is 1. The minimum Gasteiger partial charge on any atom is -0.504 e. The molecule has 7 nitrogen and oxygen atoms in total. The van der Waals surface area contributed by atoms with Crippen LogP contribution in [0.1, 0.15) is 50.5 Å². The maximum Gasteiger partial charge on any atom is 0.159 e. The van der Waals surface area contributed by atoms with Crippen LogP contribution in [-0.2, 0) is 6.54 Å². The summed E-state index contributed by atoms with van der Waals surface area (Å²) in [5, 5.41) is 22.6. The van der Waals surface area contributed by atoms with Gasteiger partial charge in [-0.25, -0.2) is 9.30 Å². The molecule has 1 aliphatic rings. The number of amidine groups is 1. The number of para-hydroxylation sites is 1. The summed E-state index contributed by atoms with van der Waals surface area (Å²) >= 11 is 1.41. The van der Waals surface area contributed by atoms with Gasteiger partial charge in [-0.1, -0.05) is 33.8 Å². The van der Waals surface area contributed by atoms with Gasteiger partial charge in [0.15, 0.2) is 5.75 Å². The lowest BCUT2D eigenvalue weighted by molar-refractivity contribution is 0.400. The Morgan fingerprint density at radius 1 is 1.40 bits per heavy atom. The van der Waals surface area contributed by atoms with Gasteiger partial charge in [0.1, 0.15) is 29.5 Å². The van der Waals surface area contributed by atoms with E-state index in [1.807, 2.05) is 37.3 Å². The number of aromatic hydroxyl groups is 1. The predicted octanol–water partition coefficient (Wildman–Crippen LogP) is 4.50. The minimum absolute atomic E-state index is 0.116. The standard InChI is InChI=1S/C18H21N5O2S.C2H6.C2H2/c1-11(2)13-7-14(25-10-13)9-20-18-17(22-26-23(18)3)21-15-6-4-5-12(8-19)16(15)24;2*1-2/h4-7,10-11,18,20,24H,9H2,1-3H3,(H,21,22);1-2H3;1-2H. The second-order valence-electron chi connectivity index (χ2n) is 6.31. The SMILES string of the molecule is C#C.CC.CC(C)c1coc(CNC2C(=Nc3cccc(C#N)c3O)NSN2C)c1. The van der Waals surface area contributed by atoms with Crippen molar-refractivity contribution in [2.75, 3.05) is 7.05 Å². The molecule has 8 heteroatoms. The summed E-state index contributed by atoms with van der Waals surface area (Å²) in [4.78, 5) is 4.49. The molecule has 2 heterocycles. The summed E-state index contributed by atoms with van der Waals surface area (Å²) < 4.78 is 10.7. The Kier molecular flexibility index (Phi) is 10.6. The van der Waals surface area contributed by atoms with Crippen molar-refractivity contribution in [2.45, 2.75) is 46.3 Å². The minimum atomic E-state index is -0.183. The number of nitriles is 1. The van der Waals surface area contributed by atoms with E-state index >= 15 is 0 Å². The van der Waals surface area contributed by atoms with Crippen LogP contribution in [0.15, 0.2) is 39.9 Å². The lowest BCUT2D eigenvalue weighted by Crippen LogP contribution is -2.42. The molecule has 0 bridgehead atoms. The first-order valence-electron chi connectivity index (χ1n) is 9.60. The molecule has 3 N–H and O–H groups in total. The zero-order valence-corrected chi connectivity index (χ0v) is 18.8. The fourth-order valence-electron chi connectivity index (χ4n) is 2.54. The van der Waals surface area contributed by atoms with Crippen molar-refractivity contribution >= 4 is 23.7 Å². The molecule has 3 rings (SSSR count). The lowest BCUT2D eigenvalue weighted by atomic mass is 10.1. The third-order valence-electron chi connectivity index (χ3n) is 4.10. The third kappa shape index (κ3) is 6.30. The van der Waals surface area contributed by atoms with Gasteiger partial charge in [-0.15, -0.1) is 12.8 Å². The summed E-state index contributed by atoms with van der Waals surface area (Å²) in [6.07, 6.45) is 9.60. The van der Waals surface area contributed by atoms with Gasteiger partial charge in [0.2, 0.25) is 0 Å². The maximum atomic E-state index is 10.2. The molecule has 1 atom stereocenters. The van der Waals surface area contributed by atoms with Gasteiger partial charge < -0.3 is 14.2 Å². The predicted molar refractivity (Wildman–Crippen MR) is 123 cm³/mol. The van der Waals surface area contributed by atoms with E-state index in [0.29, 0.717) is 24.0 Å². The molecular weight excluding hydrogens is 398 g/mol. The van der Waals surface area contributed by atoms with Gasteiger partial charge in [-0.05, 0) is 29.7 Å². The van der Waals surface area contributed by atoms with E-state index in [-0.39, 0.29) is 17.5 Å². The highest BCUT2D eigenvalue weighted by atomic mass is 32.2. The number of terminal acetylenes is 1. The number of likely N-dealkylation sites (N-methyl/N-ethyl adjacent to an activating group) is 1. The summed E-state index contributed by atoms with van der Waals surface area (Å²) in [5.74, 6) is 1.81. The Labute approximate surface area is 183 Å². The van der Waals surface area contributed by atoms with Crippen LogP contribution < -0.4 is 10.0 Å². The quantitative estimate of drug-likeness (QED) is 0.477. The highest BCUT2D eigenvalue weighted by Gasteiger charge is 2.29. The maximum absolute atomic E-state index is 10.2. The molecule has 1 aromatic heterocycles. The molecule has 1 saturated heterocycles. The molecule has 0 spiro atoms. The molecule has 1 fully saturated rings. The highest BCUT2D eigenvalue weighted by molar-refractivity contribution is 7.96. The molecule has 160 valence electrons. The van der Waals surface area contributed by atoms with Crippen LogP contribution in [0, 0.1) is 24.2 Å². The largest absolute Gasteiger partial charge is 0.504 e. The van der Waals surface area contributed by atoms with Crippen molar-refractivity contribution in [3.8, 4) is 24.7 Å². The summed E-state index contributed by atoms with van der Waals surface area (Å²) in [7, 11) is 1.94. The second-order valence-corrected chi connectivity index (χ2v) is 7.27. The van der Waals surface area contributed by atoms with Crippen molar-refractivity contribution in [3.05, 3.63) is 47.4 Å². The zero-order valence-electron chi connectivity index (χ0n) is 18.0. The number of phenols is 1. The average molecular weight is 428 g/mol. The smallest absolute Gasteiger partial charge is 0.159 e. The summed E-state index contributed by atoms with van der Waals surface area (Å²) in [5.41, 5.74) is 1.72. The first-order chi connectivity index (χ1) is 14.5. The van der Waals surface area contributed by atoms with Gasteiger partial charge in [-0.2, -0.15) is 5.26 Å². The fourth-order valence-corrected chi connectivity index (χ4v) is 3.22. The normalized spacial score (nSPS) is 16.8. The van der Waals surface area contributed by atoms with Crippen molar-refractivity contribution < 1.29 is 9.52 Å². The van der Waals surface area contributed by atoms with Crippen molar-refractivity contribution in [3.63, 3.8) is 0 Å². The number of benzene rings is 1. The van der Waals surface area contributed by atoms with Gasteiger partial charge in [0, 0.05) is 19.2 Å². The van der Waals surface area contributed by atoms with Gasteiger partial charge in [0.25, 0.3) is 0 Å². The zero-order chi connectivity index (χ0) is 22.7. The Balaban J connectivity index is 0.00000106. The van der Waals surface area contributed by atoms with Crippen LogP contribution in [0.2, 0.25) is 0 Å². The molecule has 2 aromatic rings. The molecule has 0 amide bonds. The van der Waals surface area contributed by atoms with Crippen molar-refractivity contribution in [2.24, 2.45) is 4.99 Å². The Hall–Kier alpha value is -2.91. The van der Waals surface area contributed by atoms with Crippen LogP contribution in [0.4, 0.5) is 5.69 Å². The molecule has 0 radical (unpaired) electrons. The number of phenolic OH excluding ortho intramolecular Hbond substituents is 1. The first-order valence-corrected chi connectivity index (χ1v) is 10.4. The van der Waals surface area contributed by atoms with E-state index in [1.165, 1.54) is 17.7 Å². The van der Waals surface area contributed by atoms with Gasteiger partial charge >= 0.3 is 0 Å². The van der Waals surface area contributed by atoms with E-state index in [2.05, 4.69) is 41.7 Å². The van der Waals surface area contributed by atoms with E-state index in [4.69, 9.17) is 9.68 Å². The fraction of sp³-hybridized carbons (Fsp3) is 0.364. The number of hydrogen-bond donors (Lipinski definition) is 3. The van der Waals surface area contributed by atoms with Gasteiger partial charge in [-0.3, -0.25) is 5.32 Å². The Bertz CT molecular complexity index is 898. The number of rotatable bonds is 5. The van der Waals surface area contributed by atoms with E-state index in [0.717, 1.165) is 5.76 Å². The average Bonchev–Trinajstić information content (AvgIpc) is 3.38. The van der Waals surface area contributed by atoms with Crippen LogP contribution >= 0.6 is 12.1 Å². The third-order valence-corrected chi connectivity index (χ3v) is 4.90. The number of hydrogen-bond acceptors (Lipinski definition) is 7. The monoisotopic (exact) mass is 427 g/mol. The molecule has 1 aromatic carbocycles. The van der Waals surface area contributed by atoms with Gasteiger partial charge in [0.05, 0.1) is 18.4 Å². The molecule has 1 unspecified atom stereocenters. The van der Waals surface area contributed by atoms with Crippen molar-refractivity contribution in [1.29, 1.82) is 5.26 Å². The van der Waals surface area contributed by atoms with Crippen LogP contribution in [-0.4, -0.2) is 28.5 Å². The van der Waals surface area contributed by atoms with E-state index in [1.54, 1.807) is 24.5 Å². The Morgan fingerprint density at radius 2 is 2.10 bits per heavy atom. The first kappa shape index (κ1) is 25.1. The van der Waals surface area contributed by atoms with Crippen LogP contribution in [0.25, 0.3) is 0 Å². The topological polar surface area (TPSA) is 96.8 Å². The molecule has 0 aliphatic carbocycles. The highest BCUT2D eigenvalue weighted by Crippen LogP contribution is 2.31. The van der Waals surface area contributed by atoms with Crippen LogP contribution in [0.3, 0.4) is 0 Å². The van der Waals surface area contributed by atoms with E-state index in [9.17, 15) is 5.11 Å². The molecular formula is C22H29N5O2S. The summed E-state index contributed by atoms with van der Waals surface area (Å²) in [6.45, 7) is 8.80. The van der Waals surface area contributed by atoms with Crippen molar-refractivity contribution in [1.82, 2.24) is 14.3 Å². The molecule has 1 aliphatic heterocycles. The number of furan rings is 1. The number of nitrogens with zero attached hydrogens (tertiary/aromatic N) is 3. The number of nitrogens with one attached hydrogen (secondary N) is 2. The lowest BCUT2D eigenvalue weighted by Gasteiger charge is -2.17. The molecule has 0 saturated carbocycles. The molecule has 30 heavy (non-hydrogen) atoms. The Morgan fingerprint density at radius 3 is 2.70 bits per heavy atom. The van der Waals surface area contributed by atoms with E-state index < -0.39 is 0 Å². The summed E-state index contributed by atoms with van der Waals surface area (Å²) in [6, 6.07) is 8.93. The second kappa shape index (κ2) is 12.6.